The van der Waals surface area contributed by atoms with Gasteiger partial charge in [0.05, 0.1) is 12.2 Å². The van der Waals surface area contributed by atoms with Crippen molar-refractivity contribution in [3.05, 3.63) is 75.7 Å². The van der Waals surface area contributed by atoms with E-state index in [1.807, 2.05) is 0 Å². The Morgan fingerprint density at radius 1 is 1.05 bits per heavy atom. The van der Waals surface area contributed by atoms with Gasteiger partial charge in [0.2, 0.25) is 5.91 Å². The zero-order valence-electron chi connectivity index (χ0n) is 23.3. The van der Waals surface area contributed by atoms with Gasteiger partial charge in [-0.1, -0.05) is 29.4 Å². The van der Waals surface area contributed by atoms with Gasteiger partial charge in [-0.15, -0.1) is 0 Å². The van der Waals surface area contributed by atoms with E-state index in [2.05, 4.69) is 15.3 Å². The van der Waals surface area contributed by atoms with E-state index in [9.17, 15) is 27.2 Å². The first kappa shape index (κ1) is 32.6. The van der Waals surface area contributed by atoms with Crippen molar-refractivity contribution in [3.8, 4) is 5.75 Å². The number of carbonyl (C=O) groups is 2. The highest BCUT2D eigenvalue weighted by atomic mass is 19.4. The van der Waals surface area contributed by atoms with E-state index in [0.29, 0.717) is 16.9 Å². The minimum atomic E-state index is -4.52. The number of benzene rings is 2. The van der Waals surface area contributed by atoms with E-state index >= 15 is 0 Å². The van der Waals surface area contributed by atoms with Crippen molar-refractivity contribution in [2.45, 2.75) is 69.9 Å². The zero-order chi connectivity index (χ0) is 30.9. The van der Waals surface area contributed by atoms with E-state index in [0.717, 1.165) is 12.1 Å². The largest absolute Gasteiger partial charge is 0.491 e. The number of nitrogens with zero attached hydrogens (tertiary/aromatic N) is 3. The van der Waals surface area contributed by atoms with E-state index in [4.69, 9.17) is 24.5 Å². The summed E-state index contributed by atoms with van der Waals surface area (Å²) in [5.41, 5.74) is 9.15. The standard InChI is InChI=1S/C28H32F4N4O6/c1-4-39-26(38)22(14-17-5-9-19(10-6-17)28(30,31)32)34-25(37)21(35-36-33)13-18-7-11-20(12-8-18)40-16-24-23(15-29)41-27(2,3)42-24/h5-12,21-24H,4,13-16H2,1-3H3,(H,34,37)/t21?,22?,23-,24-/m0/s1. The highest BCUT2D eigenvalue weighted by molar-refractivity contribution is 5.88. The third-order valence-corrected chi connectivity index (χ3v) is 6.31. The van der Waals surface area contributed by atoms with Crippen molar-refractivity contribution in [1.29, 1.82) is 0 Å². The summed E-state index contributed by atoms with van der Waals surface area (Å²) in [7, 11) is 0. The molecule has 1 aliphatic rings. The van der Waals surface area contributed by atoms with Gasteiger partial charge in [-0.3, -0.25) is 4.79 Å². The van der Waals surface area contributed by atoms with Crippen molar-refractivity contribution in [2.75, 3.05) is 19.9 Å². The molecule has 1 amide bonds. The molecule has 42 heavy (non-hydrogen) atoms. The molecule has 0 aromatic heterocycles. The molecule has 228 valence electrons. The molecular formula is C28H32F4N4O6. The Hall–Kier alpha value is -3.87. The fraction of sp³-hybridized carbons (Fsp3) is 0.500. The number of azide groups is 1. The lowest BCUT2D eigenvalue weighted by Crippen LogP contribution is -2.47. The molecule has 1 aliphatic heterocycles. The number of ether oxygens (including phenoxy) is 4. The molecule has 1 heterocycles. The summed E-state index contributed by atoms with van der Waals surface area (Å²) in [6.45, 7) is 4.28. The molecule has 14 heteroatoms. The molecule has 0 saturated carbocycles. The summed E-state index contributed by atoms with van der Waals surface area (Å²) in [5, 5.41) is 6.06. The number of esters is 1. The Labute approximate surface area is 239 Å². The molecule has 2 unspecified atom stereocenters. The van der Waals surface area contributed by atoms with Gasteiger partial charge in [0.15, 0.2) is 5.79 Å². The Bertz CT molecular complexity index is 1250. The fourth-order valence-corrected chi connectivity index (χ4v) is 4.32. The molecule has 0 spiro atoms. The minimum absolute atomic E-state index is 0.0124. The maximum absolute atomic E-state index is 13.3. The predicted molar refractivity (Wildman–Crippen MR) is 142 cm³/mol. The van der Waals surface area contributed by atoms with Crippen LogP contribution in [-0.4, -0.2) is 61.8 Å². The average Bonchev–Trinajstić information content (AvgIpc) is 3.25. The van der Waals surface area contributed by atoms with E-state index < -0.39 is 60.4 Å². The minimum Gasteiger partial charge on any atom is -0.491 e. The number of hydrogen-bond acceptors (Lipinski definition) is 7. The lowest BCUT2D eigenvalue weighted by molar-refractivity contribution is -0.149. The number of carbonyl (C=O) groups excluding carboxylic acids is 2. The predicted octanol–water partition coefficient (Wildman–Crippen LogP) is 5.09. The second-order valence-electron chi connectivity index (χ2n) is 9.96. The summed E-state index contributed by atoms with van der Waals surface area (Å²) in [6.07, 6.45) is -6.04. The lowest BCUT2D eigenvalue weighted by atomic mass is 10.0. The topological polar surface area (TPSA) is 132 Å². The number of nitrogens with one attached hydrogen (secondary N) is 1. The smallest absolute Gasteiger partial charge is 0.416 e. The Balaban J connectivity index is 1.64. The van der Waals surface area contributed by atoms with Crippen LogP contribution >= 0.6 is 0 Å². The molecule has 0 aliphatic carbocycles. The van der Waals surface area contributed by atoms with Crippen LogP contribution in [0.4, 0.5) is 17.6 Å². The SMILES string of the molecule is CCOC(=O)C(Cc1ccc(C(F)(F)F)cc1)NC(=O)C(Cc1ccc(OC[C@@H]2OC(C)(C)O[C@H]2CF)cc1)N=[N+]=[N-]. The Kier molecular flexibility index (Phi) is 11.1. The summed E-state index contributed by atoms with van der Waals surface area (Å²) in [6, 6.07) is 8.24. The van der Waals surface area contributed by atoms with Crippen LogP contribution in [0, 0.1) is 0 Å². The molecule has 4 atom stereocenters. The molecule has 0 bridgehead atoms. The Morgan fingerprint density at radius 2 is 1.64 bits per heavy atom. The monoisotopic (exact) mass is 596 g/mol. The van der Waals surface area contributed by atoms with Gasteiger partial charge in [0.1, 0.15) is 43.3 Å². The van der Waals surface area contributed by atoms with Gasteiger partial charge in [-0.2, -0.15) is 13.2 Å². The molecule has 1 N–H and O–H groups in total. The van der Waals surface area contributed by atoms with Crippen LogP contribution in [0.25, 0.3) is 10.4 Å². The lowest BCUT2D eigenvalue weighted by Gasteiger charge is -2.20. The van der Waals surface area contributed by atoms with E-state index in [-0.39, 0.29) is 26.1 Å². The van der Waals surface area contributed by atoms with Crippen LogP contribution in [-0.2, 0) is 42.8 Å². The first-order chi connectivity index (χ1) is 19.8. The molecule has 2 aromatic carbocycles. The number of rotatable bonds is 13. The van der Waals surface area contributed by atoms with Crippen molar-refractivity contribution in [2.24, 2.45) is 5.11 Å². The molecular weight excluding hydrogens is 564 g/mol. The third kappa shape index (κ3) is 9.33. The van der Waals surface area contributed by atoms with Crippen LogP contribution in [0.1, 0.15) is 37.5 Å². The van der Waals surface area contributed by atoms with Crippen molar-refractivity contribution < 1.29 is 46.1 Å². The number of hydrogen-bond donors (Lipinski definition) is 1. The zero-order valence-corrected chi connectivity index (χ0v) is 23.3. The first-order valence-electron chi connectivity index (χ1n) is 13.2. The molecule has 1 saturated heterocycles. The average molecular weight is 597 g/mol. The van der Waals surface area contributed by atoms with Gasteiger partial charge in [0, 0.05) is 11.3 Å². The van der Waals surface area contributed by atoms with Gasteiger partial charge in [-0.05, 0) is 68.1 Å². The number of halogens is 4. The molecule has 2 aromatic rings. The van der Waals surface area contributed by atoms with Gasteiger partial charge < -0.3 is 24.3 Å². The fourth-order valence-electron chi connectivity index (χ4n) is 4.32. The van der Waals surface area contributed by atoms with Crippen molar-refractivity contribution in [3.63, 3.8) is 0 Å². The normalized spacial score (nSPS) is 19.3. The second-order valence-corrected chi connectivity index (χ2v) is 9.96. The van der Waals surface area contributed by atoms with Crippen LogP contribution < -0.4 is 10.1 Å². The van der Waals surface area contributed by atoms with E-state index in [1.165, 1.54) is 12.1 Å². The van der Waals surface area contributed by atoms with Crippen LogP contribution in [0.2, 0.25) is 0 Å². The van der Waals surface area contributed by atoms with Gasteiger partial charge in [-0.25, -0.2) is 9.18 Å². The van der Waals surface area contributed by atoms with E-state index in [1.54, 1.807) is 45.0 Å². The summed E-state index contributed by atoms with van der Waals surface area (Å²) < 4.78 is 73.8. The highest BCUT2D eigenvalue weighted by Crippen LogP contribution is 2.30. The maximum atomic E-state index is 13.3. The molecule has 10 nitrogen and oxygen atoms in total. The van der Waals surface area contributed by atoms with Gasteiger partial charge in [0.25, 0.3) is 0 Å². The van der Waals surface area contributed by atoms with Crippen molar-refractivity contribution in [1.82, 2.24) is 5.32 Å². The first-order valence-corrected chi connectivity index (χ1v) is 13.2. The van der Waals surface area contributed by atoms with Crippen LogP contribution in [0.15, 0.2) is 53.6 Å². The summed E-state index contributed by atoms with van der Waals surface area (Å²) in [5.74, 6) is -2.03. The molecule has 1 fully saturated rings. The third-order valence-electron chi connectivity index (χ3n) is 6.31. The second kappa shape index (κ2) is 14.3. The van der Waals surface area contributed by atoms with Crippen molar-refractivity contribution >= 4 is 11.9 Å². The maximum Gasteiger partial charge on any atom is 0.416 e. The van der Waals surface area contributed by atoms with Crippen LogP contribution in [0.3, 0.4) is 0 Å². The highest BCUT2D eigenvalue weighted by Gasteiger charge is 2.41. The number of amides is 1. The Morgan fingerprint density at radius 3 is 2.21 bits per heavy atom. The van der Waals surface area contributed by atoms with Gasteiger partial charge >= 0.3 is 12.1 Å². The van der Waals surface area contributed by atoms with Crippen LogP contribution in [0.5, 0.6) is 5.75 Å². The molecule has 3 rings (SSSR count). The quantitative estimate of drug-likeness (QED) is 0.113. The summed E-state index contributed by atoms with van der Waals surface area (Å²) in [4.78, 5) is 28.3. The summed E-state index contributed by atoms with van der Waals surface area (Å²) >= 11 is 0. The molecule has 0 radical (unpaired) electrons. The number of alkyl halides is 4.